The third kappa shape index (κ3) is 3.39. The summed E-state index contributed by atoms with van der Waals surface area (Å²) in [5.74, 6) is 0.253. The molecule has 20 heavy (non-hydrogen) atoms. The van der Waals surface area contributed by atoms with Crippen molar-refractivity contribution in [3.05, 3.63) is 47.2 Å². The maximum absolute atomic E-state index is 12.0. The fraction of sp³-hybridized carbons (Fsp3) is 0.143. The van der Waals surface area contributed by atoms with E-state index in [1.54, 1.807) is 30.3 Å². The van der Waals surface area contributed by atoms with Crippen LogP contribution in [0.1, 0.15) is 17.4 Å². The summed E-state index contributed by atoms with van der Waals surface area (Å²) in [5, 5.41) is 3.15. The first kappa shape index (κ1) is 14.1. The van der Waals surface area contributed by atoms with E-state index in [4.69, 9.17) is 22.1 Å². The Morgan fingerprint density at radius 3 is 2.80 bits per heavy atom. The molecule has 1 aromatic heterocycles. The molecule has 2 rings (SSSR count). The van der Waals surface area contributed by atoms with Crippen molar-refractivity contribution >= 4 is 28.9 Å². The van der Waals surface area contributed by atoms with E-state index in [0.717, 1.165) is 0 Å². The molecular weight excluding hydrogens is 278 g/mol. The molecule has 2 aromatic rings. The van der Waals surface area contributed by atoms with Gasteiger partial charge in [0.25, 0.3) is 5.91 Å². The molecule has 0 unspecified atom stereocenters. The Morgan fingerprint density at radius 1 is 1.40 bits per heavy atom. The van der Waals surface area contributed by atoms with Crippen molar-refractivity contribution in [1.82, 2.24) is 4.98 Å². The van der Waals surface area contributed by atoms with E-state index in [9.17, 15) is 4.79 Å². The van der Waals surface area contributed by atoms with Crippen LogP contribution in [-0.2, 0) is 0 Å². The average Bonchev–Trinajstić information content (AvgIpc) is 2.42. The highest BCUT2D eigenvalue weighted by Gasteiger charge is 2.09. The van der Waals surface area contributed by atoms with Crippen LogP contribution in [0.25, 0.3) is 0 Å². The predicted octanol–water partition coefficient (Wildman–Crippen LogP) is 2.97. The molecule has 0 aliphatic heterocycles. The maximum atomic E-state index is 12.0. The standard InChI is InChI=1S/C14H14ClN3O2/c1-2-20-13-6-4-10(7-11(13)15)18-14(19)12-5-3-9(16)8-17-12/h3-8H,2,16H2,1H3,(H,18,19). The number of rotatable bonds is 4. The van der Waals surface area contributed by atoms with E-state index in [-0.39, 0.29) is 11.6 Å². The second kappa shape index (κ2) is 6.25. The number of carbonyl (C=O) groups excluding carboxylic acids is 1. The minimum absolute atomic E-state index is 0.282. The zero-order chi connectivity index (χ0) is 14.5. The number of anilines is 2. The highest BCUT2D eigenvalue weighted by molar-refractivity contribution is 6.32. The first-order valence-corrected chi connectivity index (χ1v) is 6.43. The van der Waals surface area contributed by atoms with E-state index in [1.165, 1.54) is 6.20 Å². The lowest BCUT2D eigenvalue weighted by molar-refractivity contribution is 0.102. The third-order valence-electron chi connectivity index (χ3n) is 2.51. The molecule has 0 radical (unpaired) electrons. The number of amides is 1. The number of carbonyl (C=O) groups is 1. The molecule has 1 aromatic carbocycles. The first-order valence-electron chi connectivity index (χ1n) is 6.05. The Bertz CT molecular complexity index is 614. The molecule has 0 aliphatic rings. The summed E-state index contributed by atoms with van der Waals surface area (Å²) in [4.78, 5) is 15.9. The number of benzene rings is 1. The summed E-state index contributed by atoms with van der Waals surface area (Å²) in [6.45, 7) is 2.40. The maximum Gasteiger partial charge on any atom is 0.274 e. The Labute approximate surface area is 121 Å². The van der Waals surface area contributed by atoms with Gasteiger partial charge in [0.05, 0.1) is 23.5 Å². The number of nitrogens with one attached hydrogen (secondary N) is 1. The zero-order valence-corrected chi connectivity index (χ0v) is 11.6. The van der Waals surface area contributed by atoms with Crippen molar-refractivity contribution in [3.63, 3.8) is 0 Å². The van der Waals surface area contributed by atoms with Gasteiger partial charge in [0.2, 0.25) is 0 Å². The summed E-state index contributed by atoms with van der Waals surface area (Å²) >= 11 is 6.05. The number of nitrogens with zero attached hydrogens (tertiary/aromatic N) is 1. The van der Waals surface area contributed by atoms with Crippen molar-refractivity contribution in [2.24, 2.45) is 0 Å². The van der Waals surface area contributed by atoms with Gasteiger partial charge in [-0.05, 0) is 37.3 Å². The molecule has 0 saturated carbocycles. The summed E-state index contributed by atoms with van der Waals surface area (Å²) in [6, 6.07) is 8.22. The number of halogens is 1. The number of hydrogen-bond donors (Lipinski definition) is 2. The summed E-state index contributed by atoms with van der Waals surface area (Å²) in [5.41, 5.74) is 6.88. The van der Waals surface area contributed by atoms with Gasteiger partial charge >= 0.3 is 0 Å². The quantitative estimate of drug-likeness (QED) is 0.908. The van der Waals surface area contributed by atoms with Gasteiger partial charge in [0, 0.05) is 5.69 Å². The Morgan fingerprint density at radius 2 is 2.20 bits per heavy atom. The average molecular weight is 292 g/mol. The number of ether oxygens (including phenoxy) is 1. The SMILES string of the molecule is CCOc1ccc(NC(=O)c2ccc(N)cn2)cc1Cl. The molecule has 5 nitrogen and oxygen atoms in total. The van der Waals surface area contributed by atoms with Crippen LogP contribution in [0, 0.1) is 0 Å². The smallest absolute Gasteiger partial charge is 0.274 e. The van der Waals surface area contributed by atoms with Gasteiger partial charge in [0.1, 0.15) is 11.4 Å². The van der Waals surface area contributed by atoms with Gasteiger partial charge in [-0.25, -0.2) is 4.98 Å². The van der Waals surface area contributed by atoms with Gasteiger partial charge in [-0.15, -0.1) is 0 Å². The Kier molecular flexibility index (Phi) is 4.42. The molecule has 1 amide bonds. The molecule has 0 aliphatic carbocycles. The number of pyridine rings is 1. The molecule has 0 bridgehead atoms. The minimum Gasteiger partial charge on any atom is -0.492 e. The molecule has 1 heterocycles. The lowest BCUT2D eigenvalue weighted by Gasteiger charge is -2.09. The van der Waals surface area contributed by atoms with Crippen molar-refractivity contribution in [1.29, 1.82) is 0 Å². The molecular formula is C14H14ClN3O2. The highest BCUT2D eigenvalue weighted by Crippen LogP contribution is 2.27. The topological polar surface area (TPSA) is 77.2 Å². The number of aromatic nitrogens is 1. The number of hydrogen-bond acceptors (Lipinski definition) is 4. The summed E-state index contributed by atoms with van der Waals surface area (Å²) in [7, 11) is 0. The fourth-order valence-corrected chi connectivity index (χ4v) is 1.82. The van der Waals surface area contributed by atoms with Crippen LogP contribution in [0.5, 0.6) is 5.75 Å². The van der Waals surface area contributed by atoms with Crippen LogP contribution in [0.4, 0.5) is 11.4 Å². The molecule has 104 valence electrons. The molecule has 0 atom stereocenters. The first-order chi connectivity index (χ1) is 9.60. The largest absolute Gasteiger partial charge is 0.492 e. The van der Waals surface area contributed by atoms with Crippen LogP contribution in [-0.4, -0.2) is 17.5 Å². The van der Waals surface area contributed by atoms with Crippen LogP contribution in [0.15, 0.2) is 36.5 Å². The van der Waals surface area contributed by atoms with E-state index < -0.39 is 0 Å². The monoisotopic (exact) mass is 291 g/mol. The van der Waals surface area contributed by atoms with Gasteiger partial charge in [-0.3, -0.25) is 4.79 Å². The normalized spacial score (nSPS) is 10.1. The highest BCUT2D eigenvalue weighted by atomic mass is 35.5. The summed E-state index contributed by atoms with van der Waals surface area (Å²) < 4.78 is 5.32. The van der Waals surface area contributed by atoms with Crippen molar-refractivity contribution < 1.29 is 9.53 Å². The van der Waals surface area contributed by atoms with Gasteiger partial charge in [0.15, 0.2) is 0 Å². The predicted molar refractivity (Wildman–Crippen MR) is 79.2 cm³/mol. The van der Waals surface area contributed by atoms with E-state index in [2.05, 4.69) is 10.3 Å². The van der Waals surface area contributed by atoms with Crippen LogP contribution < -0.4 is 15.8 Å². The van der Waals surface area contributed by atoms with Crippen molar-refractivity contribution in [3.8, 4) is 5.75 Å². The fourth-order valence-electron chi connectivity index (χ4n) is 1.59. The molecule has 0 fully saturated rings. The number of nitrogens with two attached hydrogens (primary N) is 1. The number of nitrogen functional groups attached to an aromatic ring is 1. The third-order valence-corrected chi connectivity index (χ3v) is 2.80. The van der Waals surface area contributed by atoms with Gasteiger partial charge in [-0.2, -0.15) is 0 Å². The van der Waals surface area contributed by atoms with E-state index >= 15 is 0 Å². The minimum atomic E-state index is -0.328. The lowest BCUT2D eigenvalue weighted by atomic mass is 10.2. The van der Waals surface area contributed by atoms with E-state index in [0.29, 0.717) is 28.8 Å². The van der Waals surface area contributed by atoms with Gasteiger partial charge in [-0.1, -0.05) is 11.6 Å². The molecule has 0 saturated heterocycles. The molecule has 3 N–H and O–H groups in total. The zero-order valence-electron chi connectivity index (χ0n) is 10.9. The van der Waals surface area contributed by atoms with Crippen LogP contribution >= 0.6 is 11.6 Å². The van der Waals surface area contributed by atoms with Gasteiger partial charge < -0.3 is 15.8 Å². The Balaban J connectivity index is 2.11. The van der Waals surface area contributed by atoms with Crippen molar-refractivity contribution in [2.75, 3.05) is 17.7 Å². The van der Waals surface area contributed by atoms with Crippen molar-refractivity contribution in [2.45, 2.75) is 6.92 Å². The molecule has 0 spiro atoms. The lowest BCUT2D eigenvalue weighted by Crippen LogP contribution is -2.13. The van der Waals surface area contributed by atoms with Crippen LogP contribution in [0.3, 0.4) is 0 Å². The molecule has 6 heteroatoms. The Hall–Kier alpha value is -2.27. The second-order valence-electron chi connectivity index (χ2n) is 4.01. The van der Waals surface area contributed by atoms with E-state index in [1.807, 2.05) is 6.92 Å². The second-order valence-corrected chi connectivity index (χ2v) is 4.42. The van der Waals surface area contributed by atoms with Crippen LogP contribution in [0.2, 0.25) is 5.02 Å². The summed E-state index contributed by atoms with van der Waals surface area (Å²) in [6.07, 6.45) is 1.43.